The maximum atomic E-state index is 9.31. The van der Waals surface area contributed by atoms with E-state index >= 15 is 0 Å². The molecule has 1 fully saturated rings. The third-order valence-corrected chi connectivity index (χ3v) is 3.92. The molecule has 1 aliphatic carbocycles. The summed E-state index contributed by atoms with van der Waals surface area (Å²) in [7, 11) is 1.63. The van der Waals surface area contributed by atoms with Crippen LogP contribution in [0.5, 0.6) is 11.5 Å². The van der Waals surface area contributed by atoms with Crippen molar-refractivity contribution in [2.45, 2.75) is 24.9 Å². The summed E-state index contributed by atoms with van der Waals surface area (Å²) in [4.78, 5) is 0. The Morgan fingerprint density at radius 1 is 1.10 bits per heavy atom. The van der Waals surface area contributed by atoms with E-state index in [1.165, 1.54) is 0 Å². The minimum atomic E-state index is -0.308. The van der Waals surface area contributed by atoms with Crippen LogP contribution in [-0.2, 0) is 12.0 Å². The molecule has 1 aliphatic rings. The van der Waals surface area contributed by atoms with E-state index < -0.39 is 0 Å². The van der Waals surface area contributed by atoms with Gasteiger partial charge in [0, 0.05) is 0 Å². The van der Waals surface area contributed by atoms with Gasteiger partial charge in [-0.1, -0.05) is 36.4 Å². The van der Waals surface area contributed by atoms with Crippen molar-refractivity contribution >= 4 is 0 Å². The molecule has 0 radical (unpaired) electrons. The van der Waals surface area contributed by atoms with E-state index in [4.69, 9.17) is 9.47 Å². The number of ether oxygens (including phenoxy) is 2. The van der Waals surface area contributed by atoms with Crippen molar-refractivity contribution in [3.8, 4) is 17.6 Å². The van der Waals surface area contributed by atoms with Crippen LogP contribution in [0.4, 0.5) is 0 Å². The van der Waals surface area contributed by atoms with E-state index in [-0.39, 0.29) is 5.41 Å². The molecule has 0 N–H and O–H groups in total. The highest BCUT2D eigenvalue weighted by Gasteiger charge is 2.45. The number of hydrogen-bond donors (Lipinski definition) is 0. The number of methoxy groups -OCH3 is 1. The van der Waals surface area contributed by atoms with Crippen LogP contribution in [0.1, 0.15) is 24.0 Å². The van der Waals surface area contributed by atoms with Crippen molar-refractivity contribution in [2.24, 2.45) is 0 Å². The first-order chi connectivity index (χ1) is 10.3. The zero-order valence-corrected chi connectivity index (χ0v) is 12.0. The molecule has 0 atom stereocenters. The Balaban J connectivity index is 1.83. The summed E-state index contributed by atoms with van der Waals surface area (Å²) in [6.45, 7) is 0.486. The largest absolute Gasteiger partial charge is 0.493 e. The van der Waals surface area contributed by atoms with Crippen molar-refractivity contribution < 1.29 is 9.47 Å². The number of benzene rings is 2. The molecule has 0 aromatic heterocycles. The third kappa shape index (κ3) is 2.71. The Morgan fingerprint density at radius 3 is 2.48 bits per heavy atom. The Bertz CT molecular complexity index is 669. The molecule has 21 heavy (non-hydrogen) atoms. The fourth-order valence-corrected chi connectivity index (χ4v) is 2.41. The van der Waals surface area contributed by atoms with E-state index in [0.29, 0.717) is 18.1 Å². The maximum absolute atomic E-state index is 9.31. The Labute approximate surface area is 124 Å². The lowest BCUT2D eigenvalue weighted by atomic mass is 9.97. The summed E-state index contributed by atoms with van der Waals surface area (Å²) in [6, 6.07) is 18.2. The highest BCUT2D eigenvalue weighted by atomic mass is 16.5. The fourth-order valence-electron chi connectivity index (χ4n) is 2.41. The summed E-state index contributed by atoms with van der Waals surface area (Å²) >= 11 is 0. The zero-order valence-electron chi connectivity index (χ0n) is 12.0. The summed E-state index contributed by atoms with van der Waals surface area (Å²) in [6.07, 6.45) is 1.85. The smallest absolute Gasteiger partial charge is 0.161 e. The number of hydrogen-bond acceptors (Lipinski definition) is 3. The predicted octanol–water partition coefficient (Wildman–Crippen LogP) is 3.83. The average Bonchev–Trinajstić information content (AvgIpc) is 3.35. The Hall–Kier alpha value is -2.47. The molecule has 2 aromatic rings. The van der Waals surface area contributed by atoms with Crippen molar-refractivity contribution in [1.82, 2.24) is 0 Å². The van der Waals surface area contributed by atoms with Gasteiger partial charge in [0.25, 0.3) is 0 Å². The Morgan fingerprint density at radius 2 is 1.86 bits per heavy atom. The molecule has 0 aliphatic heterocycles. The molecule has 3 rings (SSSR count). The van der Waals surface area contributed by atoms with Crippen LogP contribution in [-0.4, -0.2) is 7.11 Å². The van der Waals surface area contributed by atoms with E-state index in [1.807, 2.05) is 48.5 Å². The standard InChI is InChI=1S/C18H17NO2/c1-20-16-8-7-15(18(13-19)9-10-18)11-17(16)21-12-14-5-3-2-4-6-14/h2-8,11H,9-10,12H2,1H3. The lowest BCUT2D eigenvalue weighted by molar-refractivity contribution is 0.284. The second-order valence-electron chi connectivity index (χ2n) is 5.33. The van der Waals surface area contributed by atoms with Crippen molar-refractivity contribution in [3.05, 3.63) is 59.7 Å². The lowest BCUT2D eigenvalue weighted by Crippen LogP contribution is -2.04. The summed E-state index contributed by atoms with van der Waals surface area (Å²) in [5.41, 5.74) is 1.82. The highest BCUT2D eigenvalue weighted by Crippen LogP contribution is 2.49. The van der Waals surface area contributed by atoms with Gasteiger partial charge in [-0.15, -0.1) is 0 Å². The zero-order chi connectivity index (χ0) is 14.7. The fraction of sp³-hybridized carbons (Fsp3) is 0.278. The van der Waals surface area contributed by atoms with Gasteiger partial charge in [0.15, 0.2) is 11.5 Å². The first-order valence-electron chi connectivity index (χ1n) is 7.04. The first-order valence-corrected chi connectivity index (χ1v) is 7.04. The van der Waals surface area contributed by atoms with Crippen LogP contribution in [0, 0.1) is 11.3 Å². The molecule has 2 aromatic carbocycles. The van der Waals surface area contributed by atoms with Crippen molar-refractivity contribution in [3.63, 3.8) is 0 Å². The molecule has 0 unspecified atom stereocenters. The van der Waals surface area contributed by atoms with Gasteiger partial charge in [0.1, 0.15) is 6.61 Å². The second kappa shape index (κ2) is 5.49. The van der Waals surface area contributed by atoms with E-state index in [9.17, 15) is 5.26 Å². The predicted molar refractivity (Wildman–Crippen MR) is 80.3 cm³/mol. The van der Waals surface area contributed by atoms with Gasteiger partial charge in [0.2, 0.25) is 0 Å². The van der Waals surface area contributed by atoms with Crippen molar-refractivity contribution in [2.75, 3.05) is 7.11 Å². The average molecular weight is 279 g/mol. The summed E-state index contributed by atoms with van der Waals surface area (Å²) in [5, 5.41) is 9.31. The third-order valence-electron chi connectivity index (χ3n) is 3.92. The van der Waals surface area contributed by atoms with E-state index in [0.717, 1.165) is 24.0 Å². The molecule has 1 saturated carbocycles. The molecule has 3 nitrogen and oxygen atoms in total. The van der Waals surface area contributed by atoms with Crippen LogP contribution in [0.3, 0.4) is 0 Å². The van der Waals surface area contributed by atoms with Crippen LogP contribution in [0.2, 0.25) is 0 Å². The molecule has 106 valence electrons. The first kappa shape index (κ1) is 13.5. The monoisotopic (exact) mass is 279 g/mol. The van der Waals surface area contributed by atoms with Gasteiger partial charge in [-0.2, -0.15) is 5.26 Å². The van der Waals surface area contributed by atoms with Gasteiger partial charge >= 0.3 is 0 Å². The molecule has 0 spiro atoms. The number of nitrogens with zero attached hydrogens (tertiary/aromatic N) is 1. The van der Waals surface area contributed by atoms with Gasteiger partial charge in [-0.05, 0) is 36.1 Å². The molecule has 3 heteroatoms. The number of rotatable bonds is 5. The second-order valence-corrected chi connectivity index (χ2v) is 5.33. The van der Waals surface area contributed by atoms with E-state index in [2.05, 4.69) is 6.07 Å². The minimum absolute atomic E-state index is 0.308. The van der Waals surface area contributed by atoms with Gasteiger partial charge in [-0.3, -0.25) is 0 Å². The summed E-state index contributed by atoms with van der Waals surface area (Å²) in [5.74, 6) is 1.39. The summed E-state index contributed by atoms with van der Waals surface area (Å²) < 4.78 is 11.2. The SMILES string of the molecule is COc1ccc(C2(C#N)CC2)cc1OCc1ccccc1. The maximum Gasteiger partial charge on any atom is 0.161 e. The van der Waals surface area contributed by atoms with Crippen molar-refractivity contribution in [1.29, 1.82) is 5.26 Å². The molecular weight excluding hydrogens is 262 g/mol. The molecule has 0 amide bonds. The number of nitriles is 1. The molecule has 0 heterocycles. The normalized spacial score (nSPS) is 15.0. The molecular formula is C18H17NO2. The topological polar surface area (TPSA) is 42.2 Å². The minimum Gasteiger partial charge on any atom is -0.493 e. The van der Waals surface area contributed by atoms with Gasteiger partial charge < -0.3 is 9.47 Å². The van der Waals surface area contributed by atoms with Gasteiger partial charge in [-0.25, -0.2) is 0 Å². The Kier molecular flexibility index (Phi) is 3.53. The highest BCUT2D eigenvalue weighted by molar-refractivity contribution is 5.49. The van der Waals surface area contributed by atoms with Crippen LogP contribution >= 0.6 is 0 Å². The van der Waals surface area contributed by atoms with E-state index in [1.54, 1.807) is 7.11 Å². The van der Waals surface area contributed by atoms with Crippen LogP contribution in [0.25, 0.3) is 0 Å². The van der Waals surface area contributed by atoms with Crippen LogP contribution < -0.4 is 9.47 Å². The van der Waals surface area contributed by atoms with Crippen LogP contribution in [0.15, 0.2) is 48.5 Å². The molecule has 0 saturated heterocycles. The lowest BCUT2D eigenvalue weighted by Gasteiger charge is -2.14. The molecule has 0 bridgehead atoms. The quantitative estimate of drug-likeness (QED) is 0.835. The van der Waals surface area contributed by atoms with Gasteiger partial charge in [0.05, 0.1) is 18.6 Å².